The van der Waals surface area contributed by atoms with Gasteiger partial charge < -0.3 is 23.5 Å². The summed E-state index contributed by atoms with van der Waals surface area (Å²) in [5.74, 6) is 0.500. The van der Waals surface area contributed by atoms with Gasteiger partial charge in [0.25, 0.3) is 0 Å². The number of nitrogens with zero attached hydrogens (tertiary/aromatic N) is 1. The normalized spacial score (nSPS) is 23.9. The zero-order valence-electron chi connectivity index (χ0n) is 16.8. The SMILES string of the molecule is COc1ccc(CO[C@H]2CCCCO2)c(B2OC(C)(C)C(C)(C)O2)c1C#N. The second-order valence-electron chi connectivity index (χ2n) is 8.02. The van der Waals surface area contributed by atoms with E-state index in [0.29, 0.717) is 23.4 Å². The largest absolute Gasteiger partial charge is 0.496 e. The first-order valence-electron chi connectivity index (χ1n) is 9.48. The summed E-state index contributed by atoms with van der Waals surface area (Å²) in [4.78, 5) is 0. The molecule has 0 aliphatic carbocycles. The Morgan fingerprint density at radius 2 is 1.89 bits per heavy atom. The maximum absolute atomic E-state index is 9.79. The number of benzene rings is 1. The summed E-state index contributed by atoms with van der Waals surface area (Å²) >= 11 is 0. The molecule has 2 saturated heterocycles. The van der Waals surface area contributed by atoms with E-state index in [1.54, 1.807) is 13.2 Å². The molecule has 1 aromatic carbocycles. The Balaban J connectivity index is 1.93. The predicted octanol–water partition coefficient (Wildman–Crippen LogP) is 2.91. The van der Waals surface area contributed by atoms with Gasteiger partial charge in [-0.3, -0.25) is 0 Å². The lowest BCUT2D eigenvalue weighted by Gasteiger charge is -2.32. The summed E-state index contributed by atoms with van der Waals surface area (Å²) in [5.41, 5.74) is 0.934. The molecule has 146 valence electrons. The number of methoxy groups -OCH3 is 1. The molecule has 0 amide bonds. The highest BCUT2D eigenvalue weighted by atomic mass is 16.7. The van der Waals surface area contributed by atoms with Crippen LogP contribution in [0.5, 0.6) is 5.75 Å². The molecular formula is C20H28BNO5. The zero-order chi connectivity index (χ0) is 19.7. The van der Waals surface area contributed by atoms with Gasteiger partial charge in [-0.15, -0.1) is 0 Å². The average Bonchev–Trinajstić information content (AvgIpc) is 2.87. The fourth-order valence-electron chi connectivity index (χ4n) is 3.31. The summed E-state index contributed by atoms with van der Waals surface area (Å²) in [6.45, 7) is 9.01. The van der Waals surface area contributed by atoms with Crippen molar-refractivity contribution in [3.05, 3.63) is 23.3 Å². The van der Waals surface area contributed by atoms with Crippen molar-refractivity contribution >= 4 is 12.6 Å². The molecule has 0 radical (unpaired) electrons. The highest BCUT2D eigenvalue weighted by molar-refractivity contribution is 6.63. The maximum atomic E-state index is 9.79. The molecule has 2 aliphatic heterocycles. The number of hydrogen-bond acceptors (Lipinski definition) is 6. The molecule has 0 bridgehead atoms. The first kappa shape index (κ1) is 20.2. The predicted molar refractivity (Wildman–Crippen MR) is 102 cm³/mol. The van der Waals surface area contributed by atoms with Gasteiger partial charge in [0.2, 0.25) is 0 Å². The Bertz CT molecular complexity index is 706. The van der Waals surface area contributed by atoms with E-state index in [9.17, 15) is 5.26 Å². The van der Waals surface area contributed by atoms with Crippen LogP contribution >= 0.6 is 0 Å². The third kappa shape index (κ3) is 3.99. The van der Waals surface area contributed by atoms with Gasteiger partial charge in [0.15, 0.2) is 6.29 Å². The summed E-state index contributed by atoms with van der Waals surface area (Å²) in [6.07, 6.45) is 2.84. The topological polar surface area (TPSA) is 69.9 Å². The minimum absolute atomic E-state index is 0.211. The van der Waals surface area contributed by atoms with Crippen LogP contribution in [0.25, 0.3) is 0 Å². The van der Waals surface area contributed by atoms with E-state index >= 15 is 0 Å². The van der Waals surface area contributed by atoms with Crippen LogP contribution in [0.4, 0.5) is 0 Å². The Hall–Kier alpha value is -1.59. The molecule has 0 N–H and O–H groups in total. The quantitative estimate of drug-likeness (QED) is 0.740. The Morgan fingerprint density at radius 1 is 1.19 bits per heavy atom. The Labute approximate surface area is 161 Å². The molecule has 27 heavy (non-hydrogen) atoms. The molecular weight excluding hydrogens is 345 g/mol. The molecule has 0 saturated carbocycles. The fraction of sp³-hybridized carbons (Fsp3) is 0.650. The minimum atomic E-state index is -0.661. The van der Waals surface area contributed by atoms with E-state index in [-0.39, 0.29) is 6.29 Å². The number of rotatable bonds is 5. The van der Waals surface area contributed by atoms with Crippen molar-refractivity contribution in [2.75, 3.05) is 13.7 Å². The van der Waals surface area contributed by atoms with Crippen molar-refractivity contribution in [3.63, 3.8) is 0 Å². The van der Waals surface area contributed by atoms with Crippen LogP contribution < -0.4 is 10.2 Å². The van der Waals surface area contributed by atoms with E-state index < -0.39 is 18.3 Å². The standard InChI is InChI=1S/C20H28BNO5/c1-19(2)20(3,4)27-21(26-19)18-14(9-10-16(23-5)15(18)12-22)13-25-17-8-6-7-11-24-17/h9-10,17H,6-8,11,13H2,1-5H3/t17-/m0/s1. The van der Waals surface area contributed by atoms with Gasteiger partial charge in [0.05, 0.1) is 30.5 Å². The van der Waals surface area contributed by atoms with Crippen LogP contribution in [0.3, 0.4) is 0 Å². The lowest BCUT2D eigenvalue weighted by Crippen LogP contribution is -2.41. The second kappa shape index (κ2) is 7.80. The van der Waals surface area contributed by atoms with Gasteiger partial charge in [-0.05, 0) is 58.6 Å². The van der Waals surface area contributed by atoms with Crippen molar-refractivity contribution in [2.24, 2.45) is 0 Å². The van der Waals surface area contributed by atoms with E-state index in [1.807, 2.05) is 33.8 Å². The van der Waals surface area contributed by atoms with Crippen LogP contribution in [0, 0.1) is 11.3 Å². The first-order chi connectivity index (χ1) is 12.8. The van der Waals surface area contributed by atoms with Gasteiger partial charge in [0, 0.05) is 12.1 Å². The molecule has 1 aromatic rings. The molecule has 3 rings (SSSR count). The van der Waals surface area contributed by atoms with Crippen molar-refractivity contribution in [1.29, 1.82) is 5.26 Å². The Morgan fingerprint density at radius 3 is 2.44 bits per heavy atom. The molecule has 0 aromatic heterocycles. The van der Waals surface area contributed by atoms with Crippen LogP contribution in [-0.2, 0) is 25.4 Å². The molecule has 2 fully saturated rings. The van der Waals surface area contributed by atoms with Crippen molar-refractivity contribution < 1.29 is 23.5 Å². The lowest BCUT2D eigenvalue weighted by atomic mass is 9.73. The molecule has 0 unspecified atom stereocenters. The maximum Gasteiger partial charge on any atom is 0.496 e. The molecule has 1 atom stereocenters. The highest BCUT2D eigenvalue weighted by Crippen LogP contribution is 2.37. The van der Waals surface area contributed by atoms with E-state index in [4.69, 9.17) is 23.5 Å². The summed E-state index contributed by atoms with van der Waals surface area (Å²) in [5, 5.41) is 9.79. The molecule has 6 nitrogen and oxygen atoms in total. The van der Waals surface area contributed by atoms with Crippen molar-refractivity contribution in [1.82, 2.24) is 0 Å². The van der Waals surface area contributed by atoms with Crippen molar-refractivity contribution in [3.8, 4) is 11.8 Å². The number of ether oxygens (including phenoxy) is 3. The molecule has 7 heteroatoms. The van der Waals surface area contributed by atoms with E-state index in [2.05, 4.69) is 6.07 Å². The molecule has 2 heterocycles. The molecule has 0 spiro atoms. The third-order valence-corrected chi connectivity index (χ3v) is 5.68. The van der Waals surface area contributed by atoms with E-state index in [1.165, 1.54) is 0 Å². The smallest absolute Gasteiger partial charge is 0.495 e. The Kier molecular flexibility index (Phi) is 5.83. The fourth-order valence-corrected chi connectivity index (χ4v) is 3.31. The summed E-state index contributed by atoms with van der Waals surface area (Å²) < 4.78 is 29.4. The summed E-state index contributed by atoms with van der Waals surface area (Å²) in [7, 11) is 0.890. The van der Waals surface area contributed by atoms with Gasteiger partial charge in [-0.2, -0.15) is 5.26 Å². The van der Waals surface area contributed by atoms with Crippen LogP contribution in [0.2, 0.25) is 0 Å². The minimum Gasteiger partial charge on any atom is -0.495 e. The molecule has 2 aliphatic rings. The lowest BCUT2D eigenvalue weighted by molar-refractivity contribution is -0.168. The number of nitriles is 1. The van der Waals surface area contributed by atoms with Crippen molar-refractivity contribution in [2.45, 2.75) is 71.1 Å². The highest BCUT2D eigenvalue weighted by Gasteiger charge is 2.53. The van der Waals surface area contributed by atoms with Gasteiger partial charge >= 0.3 is 7.12 Å². The second-order valence-corrected chi connectivity index (χ2v) is 8.02. The first-order valence-corrected chi connectivity index (χ1v) is 9.48. The van der Waals surface area contributed by atoms with Crippen LogP contribution in [-0.4, -0.2) is 38.3 Å². The average molecular weight is 373 g/mol. The zero-order valence-corrected chi connectivity index (χ0v) is 16.8. The van der Waals surface area contributed by atoms with Gasteiger partial charge in [0.1, 0.15) is 11.8 Å². The van der Waals surface area contributed by atoms with Gasteiger partial charge in [-0.25, -0.2) is 0 Å². The monoisotopic (exact) mass is 373 g/mol. The van der Waals surface area contributed by atoms with Crippen LogP contribution in [0.15, 0.2) is 12.1 Å². The summed E-state index contributed by atoms with van der Waals surface area (Å²) in [6, 6.07) is 5.94. The van der Waals surface area contributed by atoms with E-state index in [0.717, 1.165) is 31.4 Å². The van der Waals surface area contributed by atoms with Gasteiger partial charge in [-0.1, -0.05) is 6.07 Å². The number of hydrogen-bond donors (Lipinski definition) is 0. The third-order valence-electron chi connectivity index (χ3n) is 5.68. The van der Waals surface area contributed by atoms with Crippen LogP contribution in [0.1, 0.15) is 58.1 Å².